The standard InChI is InChI=1S/C15H23NO4/c1-15(2,3)20-14(17)16-10-9-11-7-6-8-12(18-4)13(11)19-5/h6-8H,9-10H2,1-5H3,(H,16,17). The first kappa shape index (κ1) is 16.1. The number of para-hydroxylation sites is 1. The number of amides is 1. The molecule has 1 N–H and O–H groups in total. The Morgan fingerprint density at radius 2 is 1.90 bits per heavy atom. The van der Waals surface area contributed by atoms with Crippen molar-refractivity contribution in [2.24, 2.45) is 0 Å². The van der Waals surface area contributed by atoms with Crippen LogP contribution in [0.2, 0.25) is 0 Å². The molecule has 0 saturated heterocycles. The molecule has 0 fully saturated rings. The highest BCUT2D eigenvalue weighted by Crippen LogP contribution is 2.30. The average Bonchev–Trinajstić information content (AvgIpc) is 2.36. The fraction of sp³-hybridized carbons (Fsp3) is 0.533. The summed E-state index contributed by atoms with van der Waals surface area (Å²) in [6.45, 7) is 5.96. The van der Waals surface area contributed by atoms with E-state index in [0.717, 1.165) is 5.56 Å². The van der Waals surface area contributed by atoms with E-state index in [1.54, 1.807) is 14.2 Å². The molecular formula is C15H23NO4. The molecule has 1 amide bonds. The predicted octanol–water partition coefficient (Wildman–Crippen LogP) is 2.77. The van der Waals surface area contributed by atoms with Crippen molar-refractivity contribution < 1.29 is 19.0 Å². The first-order valence-corrected chi connectivity index (χ1v) is 6.54. The van der Waals surface area contributed by atoms with Gasteiger partial charge in [0, 0.05) is 6.54 Å². The fourth-order valence-electron chi connectivity index (χ4n) is 1.76. The highest BCUT2D eigenvalue weighted by Gasteiger charge is 2.16. The quantitative estimate of drug-likeness (QED) is 0.901. The van der Waals surface area contributed by atoms with Crippen LogP contribution in [0.25, 0.3) is 0 Å². The number of benzene rings is 1. The summed E-state index contributed by atoms with van der Waals surface area (Å²) in [5, 5.41) is 2.72. The van der Waals surface area contributed by atoms with Crippen LogP contribution < -0.4 is 14.8 Å². The maximum absolute atomic E-state index is 11.5. The summed E-state index contributed by atoms with van der Waals surface area (Å²) in [5.41, 5.74) is 0.487. The lowest BCUT2D eigenvalue weighted by Crippen LogP contribution is -2.33. The van der Waals surface area contributed by atoms with Crippen molar-refractivity contribution in [1.82, 2.24) is 5.32 Å². The zero-order valence-electron chi connectivity index (χ0n) is 12.8. The molecule has 0 atom stereocenters. The van der Waals surface area contributed by atoms with Crippen LogP contribution in [0.3, 0.4) is 0 Å². The van der Waals surface area contributed by atoms with Crippen molar-refractivity contribution in [3.8, 4) is 11.5 Å². The van der Waals surface area contributed by atoms with E-state index in [-0.39, 0.29) is 0 Å². The van der Waals surface area contributed by atoms with E-state index in [9.17, 15) is 4.79 Å². The van der Waals surface area contributed by atoms with Crippen molar-refractivity contribution in [2.45, 2.75) is 32.8 Å². The van der Waals surface area contributed by atoms with Gasteiger partial charge in [-0.3, -0.25) is 0 Å². The molecule has 20 heavy (non-hydrogen) atoms. The Labute approximate surface area is 120 Å². The fourth-order valence-corrected chi connectivity index (χ4v) is 1.76. The summed E-state index contributed by atoms with van der Waals surface area (Å²) in [5.74, 6) is 1.38. The molecule has 112 valence electrons. The van der Waals surface area contributed by atoms with Crippen LogP contribution in [0, 0.1) is 0 Å². The topological polar surface area (TPSA) is 56.8 Å². The van der Waals surface area contributed by atoms with Gasteiger partial charge in [0.1, 0.15) is 5.60 Å². The molecule has 0 aliphatic rings. The van der Waals surface area contributed by atoms with Crippen LogP contribution >= 0.6 is 0 Å². The molecule has 0 unspecified atom stereocenters. The zero-order chi connectivity index (χ0) is 15.2. The summed E-state index contributed by atoms with van der Waals surface area (Å²) in [4.78, 5) is 11.5. The van der Waals surface area contributed by atoms with Crippen molar-refractivity contribution in [3.63, 3.8) is 0 Å². The van der Waals surface area contributed by atoms with E-state index >= 15 is 0 Å². The minimum atomic E-state index is -0.488. The minimum Gasteiger partial charge on any atom is -0.493 e. The Morgan fingerprint density at radius 1 is 1.20 bits per heavy atom. The van der Waals surface area contributed by atoms with Crippen LogP contribution in [0.15, 0.2) is 18.2 Å². The van der Waals surface area contributed by atoms with E-state index < -0.39 is 11.7 Å². The maximum atomic E-state index is 11.5. The van der Waals surface area contributed by atoms with Crippen LogP contribution in [0.4, 0.5) is 4.79 Å². The lowest BCUT2D eigenvalue weighted by atomic mass is 10.1. The molecule has 5 nitrogen and oxygen atoms in total. The monoisotopic (exact) mass is 281 g/mol. The third-order valence-electron chi connectivity index (χ3n) is 2.55. The van der Waals surface area contributed by atoms with Gasteiger partial charge in [0.25, 0.3) is 0 Å². The number of alkyl carbamates (subject to hydrolysis) is 1. The van der Waals surface area contributed by atoms with Gasteiger partial charge in [-0.1, -0.05) is 12.1 Å². The van der Waals surface area contributed by atoms with Crippen molar-refractivity contribution in [1.29, 1.82) is 0 Å². The van der Waals surface area contributed by atoms with Gasteiger partial charge >= 0.3 is 6.09 Å². The number of ether oxygens (including phenoxy) is 3. The largest absolute Gasteiger partial charge is 0.493 e. The van der Waals surface area contributed by atoms with E-state index in [0.29, 0.717) is 24.5 Å². The molecule has 1 aromatic rings. The normalized spacial score (nSPS) is 10.8. The van der Waals surface area contributed by atoms with Gasteiger partial charge in [0.2, 0.25) is 0 Å². The van der Waals surface area contributed by atoms with Crippen molar-refractivity contribution in [2.75, 3.05) is 20.8 Å². The first-order chi connectivity index (χ1) is 9.37. The summed E-state index contributed by atoms with van der Waals surface area (Å²) >= 11 is 0. The Bertz CT molecular complexity index is 452. The maximum Gasteiger partial charge on any atom is 0.407 e. The lowest BCUT2D eigenvalue weighted by Gasteiger charge is -2.19. The Hall–Kier alpha value is -1.91. The number of hydrogen-bond donors (Lipinski definition) is 1. The number of carbonyl (C=O) groups excluding carboxylic acids is 1. The third kappa shape index (κ3) is 4.99. The predicted molar refractivity (Wildman–Crippen MR) is 77.5 cm³/mol. The summed E-state index contributed by atoms with van der Waals surface area (Å²) < 4.78 is 15.7. The molecule has 0 bridgehead atoms. The first-order valence-electron chi connectivity index (χ1n) is 6.54. The van der Waals surface area contributed by atoms with Gasteiger partial charge in [-0.25, -0.2) is 4.79 Å². The van der Waals surface area contributed by atoms with E-state index in [1.165, 1.54) is 0 Å². The van der Waals surface area contributed by atoms with Gasteiger partial charge < -0.3 is 19.5 Å². The lowest BCUT2D eigenvalue weighted by molar-refractivity contribution is 0.0528. The molecule has 1 aromatic carbocycles. The highest BCUT2D eigenvalue weighted by atomic mass is 16.6. The summed E-state index contributed by atoms with van der Waals surface area (Å²) in [7, 11) is 3.20. The molecule has 0 aromatic heterocycles. The van der Waals surface area contributed by atoms with Crippen LogP contribution in [-0.4, -0.2) is 32.5 Å². The van der Waals surface area contributed by atoms with Crippen molar-refractivity contribution >= 4 is 6.09 Å². The van der Waals surface area contributed by atoms with Crippen molar-refractivity contribution in [3.05, 3.63) is 23.8 Å². The van der Waals surface area contributed by atoms with Crippen LogP contribution in [-0.2, 0) is 11.2 Å². The smallest absolute Gasteiger partial charge is 0.407 e. The molecule has 0 saturated carbocycles. The SMILES string of the molecule is COc1cccc(CCNC(=O)OC(C)(C)C)c1OC. The minimum absolute atomic E-state index is 0.417. The molecule has 0 spiro atoms. The van der Waals surface area contributed by atoms with Gasteiger partial charge in [-0.2, -0.15) is 0 Å². The highest BCUT2D eigenvalue weighted by molar-refractivity contribution is 5.67. The third-order valence-corrected chi connectivity index (χ3v) is 2.55. The van der Waals surface area contributed by atoms with E-state index in [2.05, 4.69) is 5.32 Å². The molecule has 0 radical (unpaired) electrons. The average molecular weight is 281 g/mol. The molecule has 0 heterocycles. The second-order valence-corrected chi connectivity index (χ2v) is 5.33. The number of methoxy groups -OCH3 is 2. The molecule has 1 rings (SSSR count). The van der Waals surface area contributed by atoms with Crippen LogP contribution in [0.1, 0.15) is 26.3 Å². The van der Waals surface area contributed by atoms with Gasteiger partial charge in [-0.15, -0.1) is 0 Å². The van der Waals surface area contributed by atoms with Gasteiger partial charge in [0.15, 0.2) is 11.5 Å². The number of nitrogens with one attached hydrogen (secondary N) is 1. The summed E-state index contributed by atoms with van der Waals surface area (Å²) in [6, 6.07) is 5.67. The second kappa shape index (κ2) is 7.03. The van der Waals surface area contributed by atoms with Crippen LogP contribution in [0.5, 0.6) is 11.5 Å². The van der Waals surface area contributed by atoms with E-state index in [4.69, 9.17) is 14.2 Å². The van der Waals surface area contributed by atoms with Gasteiger partial charge in [0.05, 0.1) is 14.2 Å². The molecule has 5 heteroatoms. The number of carbonyl (C=O) groups is 1. The van der Waals surface area contributed by atoms with E-state index in [1.807, 2.05) is 39.0 Å². The number of rotatable bonds is 5. The zero-order valence-corrected chi connectivity index (χ0v) is 12.8. The van der Waals surface area contributed by atoms with Gasteiger partial charge in [-0.05, 0) is 38.8 Å². The molecule has 0 aliphatic carbocycles. The Morgan fingerprint density at radius 3 is 2.45 bits per heavy atom. The molecular weight excluding hydrogens is 258 g/mol. The second-order valence-electron chi connectivity index (χ2n) is 5.33. The number of hydrogen-bond acceptors (Lipinski definition) is 4. The summed E-state index contributed by atoms with van der Waals surface area (Å²) in [6.07, 6.45) is 0.221. The molecule has 0 aliphatic heterocycles. The Kier molecular flexibility index (Phi) is 5.67. The Balaban J connectivity index is 2.56.